The van der Waals surface area contributed by atoms with Gasteiger partial charge >= 0.3 is 0 Å². The largest absolute Gasteiger partial charge is 0.380 e. The van der Waals surface area contributed by atoms with Crippen molar-refractivity contribution in [3.05, 3.63) is 64.7 Å². The molecule has 0 aliphatic carbocycles. The summed E-state index contributed by atoms with van der Waals surface area (Å²) in [6.07, 6.45) is 0. The summed E-state index contributed by atoms with van der Waals surface area (Å²) in [5.74, 6) is -1.74. The minimum absolute atomic E-state index is 0.329. The number of hydrogen-bond donors (Lipinski definition) is 1. The highest BCUT2D eigenvalue weighted by Crippen LogP contribution is 2.19. The van der Waals surface area contributed by atoms with E-state index in [0.717, 1.165) is 17.7 Å². The first-order valence-electron chi connectivity index (χ1n) is 5.79. The monoisotopic (exact) mass is 258 g/mol. The highest BCUT2D eigenvalue weighted by Gasteiger charge is 2.06. The van der Waals surface area contributed by atoms with Crippen molar-refractivity contribution in [3.8, 4) is 6.07 Å². The van der Waals surface area contributed by atoms with Gasteiger partial charge < -0.3 is 5.32 Å². The highest BCUT2D eigenvalue weighted by molar-refractivity contribution is 5.60. The Hall–Kier alpha value is -2.41. The van der Waals surface area contributed by atoms with Crippen LogP contribution in [0.4, 0.5) is 14.5 Å². The molecule has 96 valence electrons. The summed E-state index contributed by atoms with van der Waals surface area (Å²) in [5.41, 5.74) is 2.74. The van der Waals surface area contributed by atoms with E-state index in [1.165, 1.54) is 6.07 Å². The minimum atomic E-state index is -0.871. The number of nitrogens with zero attached hydrogens (tertiary/aromatic N) is 1. The Morgan fingerprint density at radius 2 is 1.95 bits per heavy atom. The molecule has 2 rings (SSSR count). The summed E-state index contributed by atoms with van der Waals surface area (Å²) in [6, 6.07) is 11.3. The first kappa shape index (κ1) is 13.0. The van der Waals surface area contributed by atoms with Crippen LogP contribution in [0, 0.1) is 29.9 Å². The molecule has 0 unspecified atom stereocenters. The van der Waals surface area contributed by atoms with Crippen molar-refractivity contribution in [2.75, 3.05) is 5.32 Å². The van der Waals surface area contributed by atoms with Crippen molar-refractivity contribution in [1.29, 1.82) is 5.26 Å². The van der Waals surface area contributed by atoms with E-state index in [1.54, 1.807) is 6.07 Å². The van der Waals surface area contributed by atoms with Crippen LogP contribution in [-0.4, -0.2) is 0 Å². The Balaban J connectivity index is 2.17. The molecule has 2 nitrogen and oxygen atoms in total. The van der Waals surface area contributed by atoms with Crippen LogP contribution in [0.15, 0.2) is 36.4 Å². The van der Waals surface area contributed by atoms with Gasteiger partial charge in [-0.2, -0.15) is 5.26 Å². The molecule has 0 saturated heterocycles. The van der Waals surface area contributed by atoms with Gasteiger partial charge in [-0.15, -0.1) is 0 Å². The van der Waals surface area contributed by atoms with Gasteiger partial charge in [-0.05, 0) is 36.2 Å². The van der Waals surface area contributed by atoms with Gasteiger partial charge in [0.25, 0.3) is 0 Å². The van der Waals surface area contributed by atoms with Gasteiger partial charge in [-0.25, -0.2) is 8.78 Å². The summed E-state index contributed by atoms with van der Waals surface area (Å²) < 4.78 is 25.9. The molecule has 4 heteroatoms. The molecule has 19 heavy (non-hydrogen) atoms. The first-order chi connectivity index (χ1) is 9.11. The first-order valence-corrected chi connectivity index (χ1v) is 5.79. The van der Waals surface area contributed by atoms with Crippen molar-refractivity contribution in [2.45, 2.75) is 13.5 Å². The lowest BCUT2D eigenvalue weighted by Crippen LogP contribution is -2.03. The number of nitrogens with one attached hydrogen (secondary N) is 1. The second-order valence-electron chi connectivity index (χ2n) is 4.21. The summed E-state index contributed by atoms with van der Waals surface area (Å²) >= 11 is 0. The number of benzene rings is 2. The molecule has 0 spiro atoms. The third kappa shape index (κ3) is 2.89. The molecule has 0 aliphatic rings. The maximum Gasteiger partial charge on any atom is 0.159 e. The van der Waals surface area contributed by atoms with E-state index in [1.807, 2.05) is 19.1 Å². The topological polar surface area (TPSA) is 35.8 Å². The lowest BCUT2D eigenvalue weighted by Gasteiger charge is -2.10. The zero-order valence-corrected chi connectivity index (χ0v) is 10.4. The Bertz CT molecular complexity index is 645. The molecule has 2 aromatic rings. The molecule has 0 saturated carbocycles. The molecule has 2 aromatic carbocycles. The second-order valence-corrected chi connectivity index (χ2v) is 4.21. The summed E-state index contributed by atoms with van der Waals surface area (Å²) in [6.45, 7) is 2.18. The van der Waals surface area contributed by atoms with Crippen LogP contribution in [0.25, 0.3) is 0 Å². The van der Waals surface area contributed by atoms with Crippen LogP contribution in [0.2, 0.25) is 0 Å². The predicted molar refractivity (Wildman–Crippen MR) is 69.6 cm³/mol. The van der Waals surface area contributed by atoms with Crippen LogP contribution in [0.3, 0.4) is 0 Å². The number of anilines is 1. The van der Waals surface area contributed by atoms with Gasteiger partial charge in [-0.3, -0.25) is 0 Å². The number of nitriles is 1. The Labute approximate surface area is 110 Å². The average molecular weight is 258 g/mol. The molecule has 1 N–H and O–H groups in total. The summed E-state index contributed by atoms with van der Waals surface area (Å²) in [5, 5.41) is 12.1. The van der Waals surface area contributed by atoms with E-state index in [-0.39, 0.29) is 0 Å². The third-order valence-electron chi connectivity index (χ3n) is 2.85. The van der Waals surface area contributed by atoms with Crippen molar-refractivity contribution in [2.24, 2.45) is 0 Å². The fourth-order valence-corrected chi connectivity index (χ4v) is 1.81. The lowest BCUT2D eigenvalue weighted by molar-refractivity contribution is 0.507. The van der Waals surface area contributed by atoms with Gasteiger partial charge in [0.2, 0.25) is 0 Å². The molecule has 0 heterocycles. The van der Waals surface area contributed by atoms with Gasteiger partial charge in [0, 0.05) is 6.54 Å². The third-order valence-corrected chi connectivity index (χ3v) is 2.85. The molecule has 0 bridgehead atoms. The van der Waals surface area contributed by atoms with Crippen LogP contribution < -0.4 is 5.32 Å². The summed E-state index contributed by atoms with van der Waals surface area (Å²) in [4.78, 5) is 0. The predicted octanol–water partition coefficient (Wildman–Crippen LogP) is 3.76. The molecular formula is C15H12F2N2. The van der Waals surface area contributed by atoms with E-state index >= 15 is 0 Å². The number of hydrogen-bond acceptors (Lipinski definition) is 2. The SMILES string of the molecule is Cc1cccc(NCc2ccc(F)c(F)c2)c1C#N. The van der Waals surface area contributed by atoms with Crippen molar-refractivity contribution < 1.29 is 8.78 Å². The van der Waals surface area contributed by atoms with E-state index in [9.17, 15) is 8.78 Å². The fraction of sp³-hybridized carbons (Fsp3) is 0.133. The molecular weight excluding hydrogens is 246 g/mol. The standard InChI is InChI=1S/C15H12F2N2/c1-10-3-2-4-15(12(10)8-18)19-9-11-5-6-13(16)14(17)7-11/h2-7,19H,9H2,1H3. The van der Waals surface area contributed by atoms with Crippen molar-refractivity contribution in [3.63, 3.8) is 0 Å². The zero-order chi connectivity index (χ0) is 13.8. The minimum Gasteiger partial charge on any atom is -0.380 e. The maximum absolute atomic E-state index is 13.1. The van der Waals surface area contributed by atoms with Crippen LogP contribution in [0.5, 0.6) is 0 Å². The summed E-state index contributed by atoms with van der Waals surface area (Å²) in [7, 11) is 0. The fourth-order valence-electron chi connectivity index (χ4n) is 1.81. The number of halogens is 2. The number of aryl methyl sites for hydroxylation is 1. The molecule has 0 amide bonds. The van der Waals surface area contributed by atoms with Gasteiger partial charge in [0.1, 0.15) is 6.07 Å². The molecule has 0 fully saturated rings. The Morgan fingerprint density at radius 3 is 2.63 bits per heavy atom. The van der Waals surface area contributed by atoms with E-state index < -0.39 is 11.6 Å². The quantitative estimate of drug-likeness (QED) is 0.909. The average Bonchev–Trinajstić information content (AvgIpc) is 2.40. The van der Waals surface area contributed by atoms with Crippen LogP contribution in [-0.2, 0) is 6.54 Å². The smallest absolute Gasteiger partial charge is 0.159 e. The van der Waals surface area contributed by atoms with Crippen molar-refractivity contribution >= 4 is 5.69 Å². The van der Waals surface area contributed by atoms with E-state index in [2.05, 4.69) is 11.4 Å². The van der Waals surface area contributed by atoms with Gasteiger partial charge in [-0.1, -0.05) is 18.2 Å². The molecule has 0 aliphatic heterocycles. The zero-order valence-electron chi connectivity index (χ0n) is 10.4. The number of rotatable bonds is 3. The lowest BCUT2D eigenvalue weighted by atomic mass is 10.1. The Morgan fingerprint density at radius 1 is 1.16 bits per heavy atom. The normalized spacial score (nSPS) is 10.0. The Kier molecular flexibility index (Phi) is 3.76. The van der Waals surface area contributed by atoms with E-state index in [4.69, 9.17) is 5.26 Å². The molecule has 0 radical (unpaired) electrons. The van der Waals surface area contributed by atoms with Crippen LogP contribution in [0.1, 0.15) is 16.7 Å². The molecule has 0 atom stereocenters. The second kappa shape index (κ2) is 5.49. The van der Waals surface area contributed by atoms with Gasteiger partial charge in [0.15, 0.2) is 11.6 Å². The van der Waals surface area contributed by atoms with Crippen molar-refractivity contribution in [1.82, 2.24) is 0 Å². The maximum atomic E-state index is 13.1. The molecule has 0 aromatic heterocycles. The van der Waals surface area contributed by atoms with E-state index in [0.29, 0.717) is 23.4 Å². The highest BCUT2D eigenvalue weighted by atomic mass is 19.2. The van der Waals surface area contributed by atoms with Gasteiger partial charge in [0.05, 0.1) is 11.3 Å². The van der Waals surface area contributed by atoms with Crippen LogP contribution >= 0.6 is 0 Å².